The van der Waals surface area contributed by atoms with Crippen LogP contribution in [0.2, 0.25) is 0 Å². The lowest BCUT2D eigenvalue weighted by Gasteiger charge is -1.87. The van der Waals surface area contributed by atoms with Crippen LogP contribution < -0.4 is 5.32 Å². The lowest BCUT2D eigenvalue weighted by Crippen LogP contribution is -1.98. The fourth-order valence-electron chi connectivity index (χ4n) is 0.354. The van der Waals surface area contributed by atoms with Gasteiger partial charge in [0.25, 0.3) is 0 Å². The van der Waals surface area contributed by atoms with Crippen LogP contribution in [0.3, 0.4) is 0 Å². The van der Waals surface area contributed by atoms with Crippen molar-refractivity contribution >= 4 is 0 Å². The van der Waals surface area contributed by atoms with Gasteiger partial charge < -0.3 is 5.32 Å². The fraction of sp³-hybridized carbons (Fsp3) is 0.778. The van der Waals surface area contributed by atoms with E-state index < -0.39 is 0 Å². The molecule has 1 heteroatoms. The van der Waals surface area contributed by atoms with Gasteiger partial charge in [0.1, 0.15) is 0 Å². The van der Waals surface area contributed by atoms with Gasteiger partial charge in [-0.25, -0.2) is 0 Å². The highest BCUT2D eigenvalue weighted by molar-refractivity contribution is 4.80. The number of rotatable bonds is 3. The van der Waals surface area contributed by atoms with Crippen LogP contribution in [0.1, 0.15) is 40.0 Å². The summed E-state index contributed by atoms with van der Waals surface area (Å²) in [5.41, 5.74) is 1.00. The van der Waals surface area contributed by atoms with E-state index in [-0.39, 0.29) is 0 Å². The van der Waals surface area contributed by atoms with Crippen molar-refractivity contribution in [1.29, 1.82) is 0 Å². The fourth-order valence-corrected chi connectivity index (χ4v) is 0.354. The normalized spacial score (nSPS) is 7.60. The predicted molar refractivity (Wildman–Crippen MR) is 49.1 cm³/mol. The van der Waals surface area contributed by atoms with Gasteiger partial charge in [-0.2, -0.15) is 0 Å². The zero-order valence-electron chi connectivity index (χ0n) is 7.83. The minimum atomic E-state index is 1.00. The van der Waals surface area contributed by atoms with E-state index in [0.717, 1.165) is 5.70 Å². The third-order valence-corrected chi connectivity index (χ3v) is 1.13. The van der Waals surface area contributed by atoms with Gasteiger partial charge in [-0.3, -0.25) is 0 Å². The van der Waals surface area contributed by atoms with Gasteiger partial charge in [-0.15, -0.1) is 0 Å². The van der Waals surface area contributed by atoms with Crippen LogP contribution in [-0.2, 0) is 0 Å². The molecule has 0 aliphatic heterocycles. The number of hydrogen-bond donors (Lipinski definition) is 1. The number of unbranched alkanes of at least 4 members (excludes halogenated alkanes) is 2. The van der Waals surface area contributed by atoms with Crippen molar-refractivity contribution in [1.82, 2.24) is 5.32 Å². The molecule has 0 saturated heterocycles. The summed E-state index contributed by atoms with van der Waals surface area (Å²) in [6.45, 7) is 9.90. The van der Waals surface area contributed by atoms with Crippen LogP contribution in [0, 0.1) is 0 Å². The summed E-state index contributed by atoms with van der Waals surface area (Å²) in [6, 6.07) is 0. The van der Waals surface area contributed by atoms with Gasteiger partial charge in [0.2, 0.25) is 0 Å². The third-order valence-electron chi connectivity index (χ3n) is 1.13. The largest absolute Gasteiger partial charge is 0.392 e. The van der Waals surface area contributed by atoms with E-state index in [0.29, 0.717) is 0 Å². The maximum absolute atomic E-state index is 3.56. The second-order valence-corrected chi connectivity index (χ2v) is 2.38. The number of hydrogen-bond acceptors (Lipinski definition) is 1. The molecule has 0 aromatic rings. The van der Waals surface area contributed by atoms with Gasteiger partial charge in [-0.05, 0) is 12.6 Å². The molecule has 0 amide bonds. The number of nitrogens with one attached hydrogen (secondary N) is 1. The second-order valence-electron chi connectivity index (χ2n) is 2.38. The van der Waals surface area contributed by atoms with E-state index in [1.165, 1.54) is 19.3 Å². The summed E-state index contributed by atoms with van der Waals surface area (Å²) in [4.78, 5) is 0. The average Bonchev–Trinajstić information content (AvgIpc) is 1.91. The summed E-state index contributed by atoms with van der Waals surface area (Å²) in [5.74, 6) is 0. The molecule has 0 unspecified atom stereocenters. The van der Waals surface area contributed by atoms with Crippen molar-refractivity contribution in [2.75, 3.05) is 7.05 Å². The van der Waals surface area contributed by atoms with Crippen molar-refractivity contribution in [2.45, 2.75) is 40.0 Å². The summed E-state index contributed by atoms with van der Waals surface area (Å²) in [5, 5.41) is 2.83. The smallest absolute Gasteiger partial charge is 0.00299 e. The van der Waals surface area contributed by atoms with E-state index in [2.05, 4.69) is 25.7 Å². The van der Waals surface area contributed by atoms with Gasteiger partial charge >= 0.3 is 0 Å². The Morgan fingerprint density at radius 2 is 1.60 bits per heavy atom. The van der Waals surface area contributed by atoms with Gasteiger partial charge in [0.15, 0.2) is 0 Å². The van der Waals surface area contributed by atoms with Crippen molar-refractivity contribution in [3.05, 3.63) is 12.3 Å². The molecule has 1 N–H and O–H groups in total. The Morgan fingerprint density at radius 3 is 1.60 bits per heavy atom. The van der Waals surface area contributed by atoms with Crippen LogP contribution in [0.25, 0.3) is 0 Å². The minimum Gasteiger partial charge on any atom is -0.392 e. The van der Waals surface area contributed by atoms with Crippen molar-refractivity contribution < 1.29 is 0 Å². The summed E-state index contributed by atoms with van der Waals surface area (Å²) in [7, 11) is 1.85. The first-order chi connectivity index (χ1) is 4.68. The topological polar surface area (TPSA) is 12.0 Å². The van der Waals surface area contributed by atoms with Crippen molar-refractivity contribution in [2.24, 2.45) is 0 Å². The molecule has 0 atom stereocenters. The molecule has 0 aliphatic carbocycles. The van der Waals surface area contributed by atoms with Crippen LogP contribution in [-0.4, -0.2) is 7.05 Å². The van der Waals surface area contributed by atoms with Crippen LogP contribution >= 0.6 is 0 Å². The zero-order chi connectivity index (χ0) is 8.41. The molecule has 0 rings (SSSR count). The van der Waals surface area contributed by atoms with Gasteiger partial charge in [0, 0.05) is 7.05 Å². The summed E-state index contributed by atoms with van der Waals surface area (Å²) in [6.07, 6.45) is 4.08. The lowest BCUT2D eigenvalue weighted by molar-refractivity contribution is 0.772. The predicted octanol–water partition coefficient (Wildman–Crippen LogP) is 2.94. The van der Waals surface area contributed by atoms with Crippen molar-refractivity contribution in [3.8, 4) is 0 Å². The Hall–Kier alpha value is -0.460. The molecule has 0 saturated carbocycles. The Bertz CT molecular complexity index is 65.1. The monoisotopic (exact) mass is 143 g/mol. The molecule has 0 fully saturated rings. The highest BCUT2D eigenvalue weighted by Crippen LogP contribution is 1.88. The van der Waals surface area contributed by atoms with Crippen molar-refractivity contribution in [3.63, 3.8) is 0 Å². The standard InChI is InChI=1S/C5H12.C4H9N/c1-3-5-4-2;1-4(2)5-3/h3-5H2,1-2H3;5H,1H2,2-3H3. The molecule has 0 aliphatic rings. The first kappa shape index (κ1) is 12.2. The van der Waals surface area contributed by atoms with Gasteiger partial charge in [0.05, 0.1) is 0 Å². The number of allylic oxidation sites excluding steroid dienone is 1. The molecule has 1 nitrogen and oxygen atoms in total. The Balaban J connectivity index is 0. The Morgan fingerprint density at radius 1 is 1.30 bits per heavy atom. The average molecular weight is 143 g/mol. The Kier molecular flexibility index (Phi) is 13.9. The molecule has 0 aromatic heterocycles. The highest BCUT2D eigenvalue weighted by atomic mass is 14.8. The third kappa shape index (κ3) is 25.7. The summed E-state index contributed by atoms with van der Waals surface area (Å²) >= 11 is 0. The molecule has 0 spiro atoms. The lowest BCUT2D eigenvalue weighted by atomic mass is 10.3. The van der Waals surface area contributed by atoms with E-state index >= 15 is 0 Å². The first-order valence-corrected chi connectivity index (χ1v) is 4.02. The first-order valence-electron chi connectivity index (χ1n) is 4.02. The van der Waals surface area contributed by atoms with E-state index in [4.69, 9.17) is 0 Å². The van der Waals surface area contributed by atoms with E-state index in [1.54, 1.807) is 0 Å². The maximum atomic E-state index is 3.56. The molecule has 0 radical (unpaired) electrons. The molecular formula is C9H21N. The van der Waals surface area contributed by atoms with E-state index in [9.17, 15) is 0 Å². The van der Waals surface area contributed by atoms with E-state index in [1.807, 2.05) is 14.0 Å². The van der Waals surface area contributed by atoms with Crippen LogP contribution in [0.5, 0.6) is 0 Å². The van der Waals surface area contributed by atoms with Crippen LogP contribution in [0.4, 0.5) is 0 Å². The highest BCUT2D eigenvalue weighted by Gasteiger charge is 1.68. The minimum absolute atomic E-state index is 1.00. The van der Waals surface area contributed by atoms with Crippen LogP contribution in [0.15, 0.2) is 12.3 Å². The maximum Gasteiger partial charge on any atom is 0.00299 e. The zero-order valence-corrected chi connectivity index (χ0v) is 7.83. The Labute approximate surface area is 65.5 Å². The molecule has 62 valence electrons. The molecule has 0 bridgehead atoms. The molecule has 10 heavy (non-hydrogen) atoms. The second kappa shape index (κ2) is 11.4. The molecule has 0 heterocycles. The quantitative estimate of drug-likeness (QED) is 0.640. The van der Waals surface area contributed by atoms with Gasteiger partial charge in [-0.1, -0.05) is 39.7 Å². The SMILES string of the molecule is C=C(C)NC.CCCCC. The molecular weight excluding hydrogens is 122 g/mol. The molecule has 0 aromatic carbocycles. The summed E-state index contributed by atoms with van der Waals surface area (Å²) < 4.78 is 0.